The summed E-state index contributed by atoms with van der Waals surface area (Å²) in [5.74, 6) is -0.719. The van der Waals surface area contributed by atoms with Crippen molar-refractivity contribution in [2.75, 3.05) is 19.6 Å². The summed E-state index contributed by atoms with van der Waals surface area (Å²) in [5.41, 5.74) is 1.49. The second kappa shape index (κ2) is 7.21. The highest BCUT2D eigenvalue weighted by Gasteiger charge is 2.29. The number of aromatic nitrogens is 3. The third-order valence-corrected chi connectivity index (χ3v) is 4.84. The SMILES string of the molecule is O=C(c1ccc2nnc(C(F)F)n2c1)N1CCNCC1c1cccc(Cl)c1. The van der Waals surface area contributed by atoms with Gasteiger partial charge in [0.15, 0.2) is 5.65 Å². The van der Waals surface area contributed by atoms with E-state index >= 15 is 0 Å². The van der Waals surface area contributed by atoms with E-state index in [0.29, 0.717) is 30.2 Å². The Hall–Kier alpha value is -2.58. The van der Waals surface area contributed by atoms with Crippen LogP contribution in [0.2, 0.25) is 5.02 Å². The van der Waals surface area contributed by atoms with E-state index < -0.39 is 12.2 Å². The first-order chi connectivity index (χ1) is 13.0. The summed E-state index contributed by atoms with van der Waals surface area (Å²) in [6, 6.07) is 10.3. The topological polar surface area (TPSA) is 62.5 Å². The Morgan fingerprint density at radius 1 is 1.26 bits per heavy atom. The van der Waals surface area contributed by atoms with Crippen molar-refractivity contribution >= 4 is 23.2 Å². The van der Waals surface area contributed by atoms with Crippen LogP contribution in [0.15, 0.2) is 42.6 Å². The first-order valence-corrected chi connectivity index (χ1v) is 8.82. The average molecular weight is 392 g/mol. The summed E-state index contributed by atoms with van der Waals surface area (Å²) in [6.45, 7) is 1.74. The predicted octanol–water partition coefficient (Wildman–Crippen LogP) is 3.11. The number of piperazine rings is 1. The molecule has 1 saturated heterocycles. The van der Waals surface area contributed by atoms with E-state index in [1.54, 1.807) is 17.0 Å². The Balaban J connectivity index is 1.69. The molecule has 1 atom stereocenters. The van der Waals surface area contributed by atoms with Crippen LogP contribution in [0, 0.1) is 0 Å². The monoisotopic (exact) mass is 391 g/mol. The zero-order valence-corrected chi connectivity index (χ0v) is 14.9. The molecule has 140 valence electrons. The lowest BCUT2D eigenvalue weighted by molar-refractivity contribution is 0.0633. The van der Waals surface area contributed by atoms with Gasteiger partial charge in [-0.2, -0.15) is 0 Å². The van der Waals surface area contributed by atoms with Crippen LogP contribution in [0.1, 0.15) is 34.2 Å². The Kier molecular flexibility index (Phi) is 4.75. The number of hydrogen-bond donors (Lipinski definition) is 1. The molecule has 4 rings (SSSR count). The van der Waals surface area contributed by atoms with Crippen LogP contribution in [0.3, 0.4) is 0 Å². The summed E-state index contributed by atoms with van der Waals surface area (Å²) >= 11 is 6.10. The maximum Gasteiger partial charge on any atom is 0.297 e. The van der Waals surface area contributed by atoms with Gasteiger partial charge in [0.2, 0.25) is 5.82 Å². The molecule has 1 aliphatic heterocycles. The third kappa shape index (κ3) is 3.38. The Labute approximate surface area is 158 Å². The van der Waals surface area contributed by atoms with Crippen molar-refractivity contribution in [2.24, 2.45) is 0 Å². The molecule has 1 aromatic carbocycles. The number of nitrogens with zero attached hydrogens (tertiary/aromatic N) is 4. The number of benzene rings is 1. The predicted molar refractivity (Wildman–Crippen MR) is 96.0 cm³/mol. The molecule has 0 bridgehead atoms. The minimum absolute atomic E-state index is 0.198. The highest BCUT2D eigenvalue weighted by molar-refractivity contribution is 6.30. The number of carbonyl (C=O) groups excluding carboxylic acids is 1. The standard InChI is InChI=1S/C18H16ClF2N5O/c19-13-3-1-2-11(8-13)14-9-22-6-7-25(14)18(27)12-4-5-15-23-24-17(16(20)21)26(15)10-12/h1-5,8,10,14,16,22H,6-7,9H2. The number of pyridine rings is 1. The number of nitrogens with one attached hydrogen (secondary N) is 1. The Bertz CT molecular complexity index is 993. The molecule has 0 saturated carbocycles. The van der Waals surface area contributed by atoms with E-state index in [-0.39, 0.29) is 17.6 Å². The molecule has 1 N–H and O–H groups in total. The second-order valence-corrected chi connectivity index (χ2v) is 6.71. The maximum absolute atomic E-state index is 13.1. The minimum Gasteiger partial charge on any atom is -0.329 e. The molecule has 0 spiro atoms. The van der Waals surface area contributed by atoms with Crippen molar-refractivity contribution < 1.29 is 13.6 Å². The minimum atomic E-state index is -2.77. The van der Waals surface area contributed by atoms with Gasteiger partial charge in [-0.3, -0.25) is 9.20 Å². The maximum atomic E-state index is 13.1. The zero-order valence-electron chi connectivity index (χ0n) is 14.1. The van der Waals surface area contributed by atoms with Gasteiger partial charge in [-0.25, -0.2) is 8.78 Å². The number of alkyl halides is 2. The molecule has 9 heteroatoms. The smallest absolute Gasteiger partial charge is 0.297 e. The fourth-order valence-electron chi connectivity index (χ4n) is 3.31. The average Bonchev–Trinajstić information content (AvgIpc) is 3.11. The van der Waals surface area contributed by atoms with E-state index in [4.69, 9.17) is 11.6 Å². The lowest BCUT2D eigenvalue weighted by atomic mass is 10.0. The number of carbonyl (C=O) groups is 1. The van der Waals surface area contributed by atoms with Gasteiger partial charge in [-0.1, -0.05) is 23.7 Å². The number of fused-ring (bicyclic) bond motifs is 1. The third-order valence-electron chi connectivity index (χ3n) is 4.61. The van der Waals surface area contributed by atoms with Gasteiger partial charge in [0.1, 0.15) is 0 Å². The lowest BCUT2D eigenvalue weighted by Gasteiger charge is -2.36. The van der Waals surface area contributed by atoms with Crippen LogP contribution in [-0.4, -0.2) is 45.0 Å². The molecular formula is C18H16ClF2N5O. The van der Waals surface area contributed by atoms with Crippen molar-refractivity contribution in [1.82, 2.24) is 24.8 Å². The van der Waals surface area contributed by atoms with Crippen LogP contribution in [0.25, 0.3) is 5.65 Å². The van der Waals surface area contributed by atoms with E-state index in [1.807, 2.05) is 18.2 Å². The summed E-state index contributed by atoms with van der Waals surface area (Å²) in [5, 5.41) is 11.1. The number of halogens is 3. The molecule has 1 amide bonds. The number of amides is 1. The Morgan fingerprint density at radius 3 is 2.89 bits per heavy atom. The zero-order chi connectivity index (χ0) is 19.0. The van der Waals surface area contributed by atoms with Crippen molar-refractivity contribution in [1.29, 1.82) is 0 Å². The molecule has 3 heterocycles. The summed E-state index contributed by atoms with van der Waals surface area (Å²) < 4.78 is 27.4. The van der Waals surface area contributed by atoms with Crippen LogP contribution >= 0.6 is 11.6 Å². The van der Waals surface area contributed by atoms with Gasteiger partial charge in [0.25, 0.3) is 12.3 Å². The van der Waals surface area contributed by atoms with Crippen molar-refractivity contribution in [3.8, 4) is 0 Å². The lowest BCUT2D eigenvalue weighted by Crippen LogP contribution is -2.48. The van der Waals surface area contributed by atoms with Gasteiger partial charge >= 0.3 is 0 Å². The van der Waals surface area contributed by atoms with Gasteiger partial charge in [0.05, 0.1) is 11.6 Å². The normalized spacial score (nSPS) is 17.6. The van der Waals surface area contributed by atoms with Gasteiger partial charge < -0.3 is 10.2 Å². The van der Waals surface area contributed by atoms with Gasteiger partial charge in [0, 0.05) is 30.9 Å². The molecule has 27 heavy (non-hydrogen) atoms. The van der Waals surface area contributed by atoms with E-state index in [0.717, 1.165) is 9.96 Å². The quantitative estimate of drug-likeness (QED) is 0.745. The van der Waals surface area contributed by atoms with Crippen LogP contribution in [0.4, 0.5) is 8.78 Å². The van der Waals surface area contributed by atoms with E-state index in [1.165, 1.54) is 12.3 Å². The van der Waals surface area contributed by atoms with Crippen LogP contribution in [-0.2, 0) is 0 Å². The summed E-state index contributed by atoms with van der Waals surface area (Å²) in [4.78, 5) is 14.9. The van der Waals surface area contributed by atoms with Crippen LogP contribution < -0.4 is 5.32 Å². The summed E-state index contributed by atoms with van der Waals surface area (Å²) in [6.07, 6.45) is -1.40. The van der Waals surface area contributed by atoms with Crippen LogP contribution in [0.5, 0.6) is 0 Å². The second-order valence-electron chi connectivity index (χ2n) is 6.28. The van der Waals surface area contributed by atoms with E-state index in [2.05, 4.69) is 15.5 Å². The molecule has 6 nitrogen and oxygen atoms in total. The fraction of sp³-hybridized carbons (Fsp3) is 0.278. The number of rotatable bonds is 3. The molecular weight excluding hydrogens is 376 g/mol. The van der Waals surface area contributed by atoms with Gasteiger partial charge in [-0.05, 0) is 29.8 Å². The van der Waals surface area contributed by atoms with Crippen molar-refractivity contribution in [2.45, 2.75) is 12.5 Å². The molecule has 0 radical (unpaired) electrons. The summed E-state index contributed by atoms with van der Waals surface area (Å²) in [7, 11) is 0. The first-order valence-electron chi connectivity index (χ1n) is 8.44. The fourth-order valence-corrected chi connectivity index (χ4v) is 3.51. The molecule has 3 aromatic rings. The highest BCUT2D eigenvalue weighted by atomic mass is 35.5. The van der Waals surface area contributed by atoms with Crippen molar-refractivity contribution in [3.63, 3.8) is 0 Å². The molecule has 0 aliphatic carbocycles. The highest BCUT2D eigenvalue weighted by Crippen LogP contribution is 2.27. The molecule has 1 aliphatic rings. The molecule has 1 fully saturated rings. The largest absolute Gasteiger partial charge is 0.329 e. The van der Waals surface area contributed by atoms with E-state index in [9.17, 15) is 13.6 Å². The van der Waals surface area contributed by atoms with Crippen molar-refractivity contribution in [3.05, 3.63) is 64.6 Å². The first kappa shape index (κ1) is 17.8. The van der Waals surface area contributed by atoms with Gasteiger partial charge in [-0.15, -0.1) is 10.2 Å². The molecule has 2 aromatic heterocycles. The number of hydrogen-bond acceptors (Lipinski definition) is 4. The molecule has 1 unspecified atom stereocenters. The Morgan fingerprint density at radius 2 is 2.11 bits per heavy atom.